The predicted octanol–water partition coefficient (Wildman–Crippen LogP) is 3.42. The molecule has 0 heterocycles. The minimum atomic E-state index is 0.00941. The van der Waals surface area contributed by atoms with E-state index >= 15 is 0 Å². The summed E-state index contributed by atoms with van der Waals surface area (Å²) in [6, 6.07) is 7.40. The fraction of sp³-hybridized carbons (Fsp3) is 0.333. The van der Waals surface area contributed by atoms with Crippen LogP contribution in [-0.2, 0) is 0 Å². The van der Waals surface area contributed by atoms with Crippen LogP contribution in [0.2, 0.25) is 0 Å². The van der Waals surface area contributed by atoms with Crippen LogP contribution in [0, 0.1) is 5.92 Å². The largest absolute Gasteiger partial charge is 0.497 e. The SMILES string of the molecule is COc1ccc(/C=C(\F)C2CC2)cc1. The smallest absolute Gasteiger partial charge is 0.118 e. The summed E-state index contributed by atoms with van der Waals surface area (Å²) in [6.45, 7) is 0. The van der Waals surface area contributed by atoms with Crippen LogP contribution in [0.5, 0.6) is 5.75 Å². The van der Waals surface area contributed by atoms with Crippen LogP contribution < -0.4 is 4.74 Å². The summed E-state index contributed by atoms with van der Waals surface area (Å²) in [5, 5.41) is 0. The highest BCUT2D eigenvalue weighted by Gasteiger charge is 2.25. The van der Waals surface area contributed by atoms with Gasteiger partial charge in [-0.2, -0.15) is 0 Å². The van der Waals surface area contributed by atoms with Crippen molar-refractivity contribution in [3.05, 3.63) is 35.7 Å². The third-order valence-corrected chi connectivity index (χ3v) is 2.39. The fourth-order valence-corrected chi connectivity index (χ4v) is 1.34. The molecule has 1 aliphatic carbocycles. The van der Waals surface area contributed by atoms with Crippen molar-refractivity contribution < 1.29 is 9.13 Å². The molecule has 1 aromatic carbocycles. The van der Waals surface area contributed by atoms with Gasteiger partial charge in [-0.15, -0.1) is 0 Å². The maximum absolute atomic E-state index is 13.3. The van der Waals surface area contributed by atoms with Crippen molar-refractivity contribution in [3.63, 3.8) is 0 Å². The average Bonchev–Trinajstić information content (AvgIpc) is 3.02. The van der Waals surface area contributed by atoms with Gasteiger partial charge in [-0.1, -0.05) is 12.1 Å². The second-order valence-electron chi connectivity index (χ2n) is 3.58. The Morgan fingerprint density at radius 1 is 1.36 bits per heavy atom. The first-order valence-corrected chi connectivity index (χ1v) is 4.81. The molecule has 1 nitrogen and oxygen atoms in total. The lowest BCUT2D eigenvalue weighted by Gasteiger charge is -1.99. The van der Waals surface area contributed by atoms with E-state index in [9.17, 15) is 4.39 Å². The van der Waals surface area contributed by atoms with E-state index in [-0.39, 0.29) is 11.7 Å². The molecule has 0 N–H and O–H groups in total. The minimum Gasteiger partial charge on any atom is -0.497 e. The Morgan fingerprint density at radius 3 is 2.50 bits per heavy atom. The van der Waals surface area contributed by atoms with E-state index in [0.717, 1.165) is 24.2 Å². The van der Waals surface area contributed by atoms with Gasteiger partial charge in [0, 0.05) is 5.92 Å². The number of methoxy groups -OCH3 is 1. The lowest BCUT2D eigenvalue weighted by atomic mass is 10.2. The van der Waals surface area contributed by atoms with Crippen molar-refractivity contribution in [1.29, 1.82) is 0 Å². The topological polar surface area (TPSA) is 9.23 Å². The Morgan fingerprint density at radius 2 is 2.00 bits per heavy atom. The number of allylic oxidation sites excluding steroid dienone is 1. The molecular formula is C12H13FO. The molecule has 2 heteroatoms. The number of hydrogen-bond donors (Lipinski definition) is 0. The molecule has 0 spiro atoms. The van der Waals surface area contributed by atoms with E-state index in [4.69, 9.17) is 4.74 Å². The van der Waals surface area contributed by atoms with Gasteiger partial charge in [-0.3, -0.25) is 0 Å². The Kier molecular flexibility index (Phi) is 2.53. The summed E-state index contributed by atoms with van der Waals surface area (Å²) >= 11 is 0. The van der Waals surface area contributed by atoms with Gasteiger partial charge in [-0.05, 0) is 36.6 Å². The first kappa shape index (κ1) is 9.25. The molecule has 1 aliphatic rings. The average molecular weight is 192 g/mol. The number of rotatable bonds is 3. The molecule has 1 saturated carbocycles. The van der Waals surface area contributed by atoms with Gasteiger partial charge < -0.3 is 4.74 Å². The highest BCUT2D eigenvalue weighted by atomic mass is 19.1. The third kappa shape index (κ3) is 2.13. The van der Waals surface area contributed by atoms with Crippen LogP contribution in [0.4, 0.5) is 4.39 Å². The van der Waals surface area contributed by atoms with Crippen molar-refractivity contribution in [2.45, 2.75) is 12.8 Å². The molecule has 2 rings (SSSR count). The van der Waals surface area contributed by atoms with E-state index in [0.29, 0.717) is 0 Å². The van der Waals surface area contributed by atoms with E-state index in [1.165, 1.54) is 0 Å². The molecule has 1 fully saturated rings. The van der Waals surface area contributed by atoms with Crippen LogP contribution in [0.3, 0.4) is 0 Å². The lowest BCUT2D eigenvalue weighted by Crippen LogP contribution is -1.82. The summed E-state index contributed by atoms with van der Waals surface area (Å²) in [5.74, 6) is 1.00. The van der Waals surface area contributed by atoms with E-state index in [2.05, 4.69) is 0 Å². The molecule has 0 amide bonds. The summed E-state index contributed by atoms with van der Waals surface area (Å²) in [7, 11) is 1.62. The van der Waals surface area contributed by atoms with Gasteiger partial charge in [0.25, 0.3) is 0 Å². The maximum Gasteiger partial charge on any atom is 0.118 e. The van der Waals surface area contributed by atoms with Crippen LogP contribution in [0.25, 0.3) is 6.08 Å². The number of hydrogen-bond acceptors (Lipinski definition) is 1. The van der Waals surface area contributed by atoms with Crippen LogP contribution in [0.1, 0.15) is 18.4 Å². The Hall–Kier alpha value is -1.31. The normalized spacial score (nSPS) is 16.9. The Labute approximate surface area is 83.2 Å². The Balaban J connectivity index is 2.12. The molecule has 0 radical (unpaired) electrons. The number of benzene rings is 1. The third-order valence-electron chi connectivity index (χ3n) is 2.39. The number of halogens is 1. The molecule has 0 bridgehead atoms. The molecule has 1 aromatic rings. The second-order valence-corrected chi connectivity index (χ2v) is 3.58. The standard InChI is InChI=1S/C12H13FO/c1-14-11-6-2-9(3-7-11)8-12(13)10-4-5-10/h2-3,6-8,10H,4-5H2,1H3/b12-8-. The molecule has 14 heavy (non-hydrogen) atoms. The molecule has 0 aromatic heterocycles. The summed E-state index contributed by atoms with van der Waals surface area (Å²) in [5.41, 5.74) is 0.898. The summed E-state index contributed by atoms with van der Waals surface area (Å²) < 4.78 is 18.3. The van der Waals surface area contributed by atoms with Gasteiger partial charge in [0.05, 0.1) is 7.11 Å². The molecular weight excluding hydrogens is 179 g/mol. The first-order chi connectivity index (χ1) is 6.79. The molecule has 0 atom stereocenters. The van der Waals surface area contributed by atoms with Crippen molar-refractivity contribution in [3.8, 4) is 5.75 Å². The zero-order valence-electron chi connectivity index (χ0n) is 8.16. The first-order valence-electron chi connectivity index (χ1n) is 4.81. The lowest BCUT2D eigenvalue weighted by molar-refractivity contribution is 0.415. The quantitative estimate of drug-likeness (QED) is 0.713. The van der Waals surface area contributed by atoms with Gasteiger partial charge in [0.15, 0.2) is 0 Å². The molecule has 0 aliphatic heterocycles. The highest BCUT2D eigenvalue weighted by molar-refractivity contribution is 5.53. The predicted molar refractivity (Wildman–Crippen MR) is 54.8 cm³/mol. The monoisotopic (exact) mass is 192 g/mol. The Bertz CT molecular complexity index is 336. The second kappa shape index (κ2) is 3.82. The van der Waals surface area contributed by atoms with E-state index in [1.54, 1.807) is 13.2 Å². The minimum absolute atomic E-state index is 0.00941. The van der Waals surface area contributed by atoms with Gasteiger partial charge in [-0.25, -0.2) is 4.39 Å². The van der Waals surface area contributed by atoms with Crippen LogP contribution >= 0.6 is 0 Å². The van der Waals surface area contributed by atoms with E-state index in [1.807, 2.05) is 24.3 Å². The van der Waals surface area contributed by atoms with Crippen LogP contribution in [0.15, 0.2) is 30.1 Å². The fourth-order valence-electron chi connectivity index (χ4n) is 1.34. The van der Waals surface area contributed by atoms with Crippen molar-refractivity contribution in [1.82, 2.24) is 0 Å². The zero-order chi connectivity index (χ0) is 9.97. The maximum atomic E-state index is 13.3. The molecule has 0 unspecified atom stereocenters. The molecule has 74 valence electrons. The highest BCUT2D eigenvalue weighted by Crippen LogP contribution is 2.38. The van der Waals surface area contributed by atoms with Gasteiger partial charge in [0.2, 0.25) is 0 Å². The van der Waals surface area contributed by atoms with Gasteiger partial charge in [0.1, 0.15) is 11.6 Å². The van der Waals surface area contributed by atoms with Gasteiger partial charge >= 0.3 is 0 Å². The van der Waals surface area contributed by atoms with Crippen molar-refractivity contribution in [2.75, 3.05) is 7.11 Å². The number of ether oxygens (including phenoxy) is 1. The van der Waals surface area contributed by atoms with E-state index < -0.39 is 0 Å². The molecule has 0 saturated heterocycles. The summed E-state index contributed by atoms with van der Waals surface area (Å²) in [4.78, 5) is 0. The van der Waals surface area contributed by atoms with Crippen molar-refractivity contribution >= 4 is 6.08 Å². The zero-order valence-corrected chi connectivity index (χ0v) is 8.16. The van der Waals surface area contributed by atoms with Crippen LogP contribution in [-0.4, -0.2) is 7.11 Å². The van der Waals surface area contributed by atoms with Crippen molar-refractivity contribution in [2.24, 2.45) is 5.92 Å². The summed E-state index contributed by atoms with van der Waals surface area (Å²) in [6.07, 6.45) is 3.61.